The molecular formula is C14H16FN3O2S. The van der Waals surface area contributed by atoms with E-state index in [0.29, 0.717) is 6.54 Å². The van der Waals surface area contributed by atoms with Crippen LogP contribution in [0.2, 0.25) is 0 Å². The molecule has 0 amide bonds. The van der Waals surface area contributed by atoms with Crippen LogP contribution < -0.4 is 5.32 Å². The largest absolute Gasteiger partial charge is 0.315 e. The summed E-state index contributed by atoms with van der Waals surface area (Å²) in [5.74, 6) is -0.697. The second kappa shape index (κ2) is 5.37. The molecule has 2 aliphatic heterocycles. The van der Waals surface area contributed by atoms with Gasteiger partial charge in [0.15, 0.2) is 0 Å². The van der Waals surface area contributed by atoms with E-state index in [9.17, 15) is 12.8 Å². The standard InChI is InChI=1S/C14H16FN3O2S/c15-14-4-3-13(7-10(14)8-16)21(19,20)18-11-1-2-12(18)9-17-6-5-11/h3-4,7,11-12,17H,1-2,5-6,9H2. The first-order chi connectivity index (χ1) is 10.0. The summed E-state index contributed by atoms with van der Waals surface area (Å²) in [4.78, 5) is -0.000694. The molecule has 7 heteroatoms. The van der Waals surface area contributed by atoms with Gasteiger partial charge in [-0.3, -0.25) is 0 Å². The lowest BCUT2D eigenvalue weighted by Crippen LogP contribution is -2.42. The van der Waals surface area contributed by atoms with E-state index >= 15 is 0 Å². The number of nitrogens with one attached hydrogen (secondary N) is 1. The first-order valence-corrected chi connectivity index (χ1v) is 8.42. The van der Waals surface area contributed by atoms with Crippen molar-refractivity contribution in [1.29, 1.82) is 5.26 Å². The van der Waals surface area contributed by atoms with Crippen LogP contribution in [0.15, 0.2) is 23.1 Å². The summed E-state index contributed by atoms with van der Waals surface area (Å²) in [6, 6.07) is 5.04. The number of nitriles is 1. The molecule has 0 saturated carbocycles. The maximum atomic E-state index is 13.4. The van der Waals surface area contributed by atoms with Gasteiger partial charge in [-0.15, -0.1) is 0 Å². The lowest BCUT2D eigenvalue weighted by Gasteiger charge is -2.26. The molecule has 1 aromatic carbocycles. The van der Waals surface area contributed by atoms with Gasteiger partial charge in [-0.1, -0.05) is 0 Å². The molecule has 1 N–H and O–H groups in total. The van der Waals surface area contributed by atoms with Crippen molar-refractivity contribution in [2.75, 3.05) is 13.1 Å². The van der Waals surface area contributed by atoms with Gasteiger partial charge in [0.2, 0.25) is 10.0 Å². The molecule has 3 rings (SSSR count). The molecule has 1 aromatic rings. The minimum atomic E-state index is -3.70. The van der Waals surface area contributed by atoms with Gasteiger partial charge in [-0.2, -0.15) is 9.57 Å². The fourth-order valence-corrected chi connectivity index (χ4v) is 5.13. The van der Waals surface area contributed by atoms with Crippen molar-refractivity contribution in [2.45, 2.75) is 36.2 Å². The van der Waals surface area contributed by atoms with Crippen LogP contribution in [0.1, 0.15) is 24.8 Å². The van der Waals surface area contributed by atoms with Gasteiger partial charge >= 0.3 is 0 Å². The molecule has 0 aromatic heterocycles. The van der Waals surface area contributed by atoms with Gasteiger partial charge in [-0.05, 0) is 44.0 Å². The Balaban J connectivity index is 2.02. The normalized spacial score (nSPS) is 26.3. The number of halogens is 1. The molecule has 2 atom stereocenters. The Morgan fingerprint density at radius 1 is 1.29 bits per heavy atom. The molecule has 0 radical (unpaired) electrons. The van der Waals surface area contributed by atoms with Crippen LogP contribution >= 0.6 is 0 Å². The third-order valence-corrected chi connectivity index (χ3v) is 6.22. The van der Waals surface area contributed by atoms with Crippen LogP contribution in [-0.4, -0.2) is 37.9 Å². The smallest absolute Gasteiger partial charge is 0.243 e. The molecule has 0 aliphatic carbocycles. The number of nitrogens with zero attached hydrogens (tertiary/aromatic N) is 2. The van der Waals surface area contributed by atoms with E-state index in [-0.39, 0.29) is 22.5 Å². The summed E-state index contributed by atoms with van der Waals surface area (Å²) in [5, 5.41) is 12.1. The quantitative estimate of drug-likeness (QED) is 0.891. The number of hydrogen-bond acceptors (Lipinski definition) is 4. The molecule has 2 bridgehead atoms. The summed E-state index contributed by atoms with van der Waals surface area (Å²) in [5.41, 5.74) is -0.239. The lowest BCUT2D eigenvalue weighted by molar-refractivity contribution is 0.334. The first kappa shape index (κ1) is 14.4. The molecule has 112 valence electrons. The summed E-state index contributed by atoms with van der Waals surface area (Å²) in [7, 11) is -3.70. The number of rotatable bonds is 2. The average molecular weight is 309 g/mol. The highest BCUT2D eigenvalue weighted by atomic mass is 32.2. The summed E-state index contributed by atoms with van der Waals surface area (Å²) >= 11 is 0. The molecule has 2 heterocycles. The predicted molar refractivity (Wildman–Crippen MR) is 74.4 cm³/mol. The Bertz CT molecular complexity index is 685. The van der Waals surface area contributed by atoms with Crippen molar-refractivity contribution in [3.05, 3.63) is 29.6 Å². The monoisotopic (exact) mass is 309 g/mol. The predicted octanol–water partition coefficient (Wildman–Crippen LogP) is 1.21. The Labute approximate surface area is 123 Å². The van der Waals surface area contributed by atoms with Crippen LogP contribution in [0.5, 0.6) is 0 Å². The average Bonchev–Trinajstić information content (AvgIpc) is 2.73. The molecule has 5 nitrogen and oxygen atoms in total. The van der Waals surface area contributed by atoms with Crippen molar-refractivity contribution in [3.8, 4) is 6.07 Å². The second-order valence-corrected chi connectivity index (χ2v) is 7.31. The van der Waals surface area contributed by atoms with Crippen molar-refractivity contribution in [3.63, 3.8) is 0 Å². The number of fused-ring (bicyclic) bond motifs is 2. The minimum absolute atomic E-state index is 0.000694. The Morgan fingerprint density at radius 2 is 2.05 bits per heavy atom. The van der Waals surface area contributed by atoms with Crippen LogP contribution in [0, 0.1) is 17.1 Å². The first-order valence-electron chi connectivity index (χ1n) is 6.98. The summed E-state index contributed by atoms with van der Waals surface area (Å²) < 4.78 is 40.6. The SMILES string of the molecule is N#Cc1cc(S(=O)(=O)N2C3CCNCC2CC3)ccc1F. The third kappa shape index (κ3) is 2.44. The molecule has 0 spiro atoms. The fraction of sp³-hybridized carbons (Fsp3) is 0.500. The van der Waals surface area contributed by atoms with E-state index in [4.69, 9.17) is 5.26 Å². The Morgan fingerprint density at radius 3 is 2.81 bits per heavy atom. The van der Waals surface area contributed by atoms with Crippen LogP contribution in [0.25, 0.3) is 0 Å². The van der Waals surface area contributed by atoms with Gasteiger partial charge in [0, 0.05) is 18.6 Å². The molecule has 2 aliphatic rings. The molecule has 2 fully saturated rings. The van der Waals surface area contributed by atoms with Crippen molar-refractivity contribution >= 4 is 10.0 Å². The molecule has 21 heavy (non-hydrogen) atoms. The Hall–Kier alpha value is -1.49. The minimum Gasteiger partial charge on any atom is -0.315 e. The lowest BCUT2D eigenvalue weighted by atomic mass is 10.1. The maximum absolute atomic E-state index is 13.4. The molecular weight excluding hydrogens is 293 g/mol. The highest BCUT2D eigenvalue weighted by molar-refractivity contribution is 7.89. The molecule has 2 unspecified atom stereocenters. The van der Waals surface area contributed by atoms with E-state index in [2.05, 4.69) is 5.32 Å². The maximum Gasteiger partial charge on any atom is 0.243 e. The van der Waals surface area contributed by atoms with Crippen LogP contribution in [-0.2, 0) is 10.0 Å². The van der Waals surface area contributed by atoms with E-state index < -0.39 is 15.8 Å². The summed E-state index contributed by atoms with van der Waals surface area (Å²) in [6.07, 6.45) is 2.48. The van der Waals surface area contributed by atoms with Gasteiger partial charge in [0.25, 0.3) is 0 Å². The topological polar surface area (TPSA) is 73.2 Å². The van der Waals surface area contributed by atoms with Crippen LogP contribution in [0.4, 0.5) is 4.39 Å². The highest BCUT2D eigenvalue weighted by Crippen LogP contribution is 2.34. The zero-order chi connectivity index (χ0) is 15.0. The van der Waals surface area contributed by atoms with Gasteiger partial charge in [0.1, 0.15) is 11.9 Å². The number of benzene rings is 1. The van der Waals surface area contributed by atoms with E-state index in [1.54, 1.807) is 10.4 Å². The van der Waals surface area contributed by atoms with Gasteiger partial charge in [0.05, 0.1) is 10.5 Å². The second-order valence-electron chi connectivity index (χ2n) is 5.47. The highest BCUT2D eigenvalue weighted by Gasteiger charge is 2.43. The van der Waals surface area contributed by atoms with E-state index in [1.807, 2.05) is 0 Å². The number of sulfonamides is 1. The Kier molecular flexibility index (Phi) is 3.69. The van der Waals surface area contributed by atoms with Gasteiger partial charge < -0.3 is 5.32 Å². The summed E-state index contributed by atoms with van der Waals surface area (Å²) in [6.45, 7) is 1.45. The zero-order valence-corrected chi connectivity index (χ0v) is 12.2. The van der Waals surface area contributed by atoms with E-state index in [1.165, 1.54) is 6.07 Å². The van der Waals surface area contributed by atoms with Crippen LogP contribution in [0.3, 0.4) is 0 Å². The number of hydrogen-bond donors (Lipinski definition) is 1. The zero-order valence-electron chi connectivity index (χ0n) is 11.4. The van der Waals surface area contributed by atoms with Crippen molar-refractivity contribution in [2.24, 2.45) is 0 Å². The van der Waals surface area contributed by atoms with E-state index in [0.717, 1.165) is 37.9 Å². The fourth-order valence-electron chi connectivity index (χ4n) is 3.20. The third-order valence-electron chi connectivity index (χ3n) is 4.22. The van der Waals surface area contributed by atoms with Crippen molar-refractivity contribution < 1.29 is 12.8 Å². The van der Waals surface area contributed by atoms with Crippen molar-refractivity contribution in [1.82, 2.24) is 9.62 Å². The molecule has 2 saturated heterocycles. The van der Waals surface area contributed by atoms with Gasteiger partial charge in [-0.25, -0.2) is 12.8 Å².